The number of sulfonamides is 1. The fourth-order valence-electron chi connectivity index (χ4n) is 3.35. The highest BCUT2D eigenvalue weighted by atomic mass is 35.5. The van der Waals surface area contributed by atoms with E-state index in [2.05, 4.69) is 14.7 Å². The average Bonchev–Trinajstić information content (AvgIpc) is 2.85. The molecule has 0 atom stereocenters. The summed E-state index contributed by atoms with van der Waals surface area (Å²) in [4.78, 5) is 21.1. The van der Waals surface area contributed by atoms with E-state index in [1.54, 1.807) is 18.3 Å². The van der Waals surface area contributed by atoms with Crippen molar-refractivity contribution in [3.8, 4) is 22.8 Å². The Kier molecular flexibility index (Phi) is 7.65. The van der Waals surface area contributed by atoms with Crippen molar-refractivity contribution < 1.29 is 22.6 Å². The van der Waals surface area contributed by atoms with Gasteiger partial charge in [0, 0.05) is 30.6 Å². The van der Waals surface area contributed by atoms with E-state index >= 15 is 0 Å². The Bertz CT molecular complexity index is 1570. The van der Waals surface area contributed by atoms with Crippen molar-refractivity contribution >= 4 is 44.6 Å². The van der Waals surface area contributed by atoms with Crippen molar-refractivity contribution in [3.63, 3.8) is 0 Å². The number of hydrogen-bond acceptors (Lipinski definition) is 8. The lowest BCUT2D eigenvalue weighted by atomic mass is 10.1. The highest BCUT2D eigenvalue weighted by molar-refractivity contribution is 7.93. The van der Waals surface area contributed by atoms with Gasteiger partial charge in [0.25, 0.3) is 15.6 Å². The van der Waals surface area contributed by atoms with E-state index < -0.39 is 15.6 Å². The summed E-state index contributed by atoms with van der Waals surface area (Å²) in [5.74, 6) is 0.0959. The summed E-state index contributed by atoms with van der Waals surface area (Å²) in [6.45, 7) is 0.512. The van der Waals surface area contributed by atoms with Gasteiger partial charge < -0.3 is 14.2 Å². The molecule has 0 radical (unpaired) electrons. The minimum atomic E-state index is -4.19. The van der Waals surface area contributed by atoms with Gasteiger partial charge in [-0.05, 0) is 30.3 Å². The van der Waals surface area contributed by atoms with Crippen LogP contribution in [0.5, 0.6) is 11.6 Å². The quantitative estimate of drug-likeness (QED) is 0.311. The molecule has 0 spiro atoms. The van der Waals surface area contributed by atoms with Gasteiger partial charge in [-0.15, -0.1) is 0 Å². The monoisotopic (exact) mass is 550 g/mol. The zero-order chi connectivity index (χ0) is 25.9. The van der Waals surface area contributed by atoms with Crippen molar-refractivity contribution in [1.82, 2.24) is 14.4 Å². The van der Waals surface area contributed by atoms with Gasteiger partial charge in [-0.2, -0.15) is 0 Å². The molecule has 4 rings (SSSR count). The lowest BCUT2D eigenvalue weighted by Gasteiger charge is -2.14. The molecule has 1 aromatic carbocycles. The van der Waals surface area contributed by atoms with Crippen LogP contribution >= 0.6 is 23.2 Å². The number of aromatic nitrogens is 3. The van der Waals surface area contributed by atoms with Gasteiger partial charge in [0.1, 0.15) is 22.8 Å². The minimum absolute atomic E-state index is 0.0268. The Morgan fingerprint density at radius 3 is 2.44 bits per heavy atom. The number of anilines is 1. The van der Waals surface area contributed by atoms with Crippen LogP contribution in [0.2, 0.25) is 10.0 Å². The minimum Gasteiger partial charge on any atom is -0.484 e. The lowest BCUT2D eigenvalue weighted by molar-refractivity contribution is 0.145. The molecule has 0 saturated carbocycles. The second-order valence-electron chi connectivity index (χ2n) is 7.35. The van der Waals surface area contributed by atoms with Crippen LogP contribution in [-0.2, 0) is 14.8 Å². The predicted molar refractivity (Wildman–Crippen MR) is 136 cm³/mol. The number of hydrogen-bond donors (Lipinski definition) is 1. The largest absolute Gasteiger partial charge is 0.484 e. The molecule has 0 bridgehead atoms. The molecule has 0 aliphatic rings. The second kappa shape index (κ2) is 10.7. The molecule has 188 valence electrons. The molecule has 0 amide bonds. The highest BCUT2D eigenvalue weighted by Crippen LogP contribution is 2.34. The first-order chi connectivity index (χ1) is 17.2. The maximum atomic E-state index is 13.1. The first kappa shape index (κ1) is 25.7. The molecule has 3 heterocycles. The summed E-state index contributed by atoms with van der Waals surface area (Å²) < 4.78 is 45.6. The van der Waals surface area contributed by atoms with E-state index in [-0.39, 0.29) is 38.9 Å². The summed E-state index contributed by atoms with van der Waals surface area (Å²) in [6.07, 6.45) is 4.40. The maximum Gasteiger partial charge on any atom is 0.300 e. The third-order valence-corrected chi connectivity index (χ3v) is 7.35. The van der Waals surface area contributed by atoms with Gasteiger partial charge in [-0.3, -0.25) is 13.9 Å². The van der Waals surface area contributed by atoms with E-state index in [9.17, 15) is 13.2 Å². The maximum absolute atomic E-state index is 13.1. The standard InChI is InChI=1S/C23H20Cl2N4O6S/c1-33-8-9-35-19-12-26-20-7-6-14(13-29(20)23(19)30)15-10-18(22(34-2)27-11-15)28-36(31,32)21-16(24)4-3-5-17(21)25/h3-7,10-13,28H,8-9H2,1-2H3. The lowest BCUT2D eigenvalue weighted by Crippen LogP contribution is -2.19. The number of nitrogens with one attached hydrogen (secondary N) is 1. The van der Waals surface area contributed by atoms with Gasteiger partial charge in [0.2, 0.25) is 11.6 Å². The first-order valence-electron chi connectivity index (χ1n) is 10.4. The average molecular weight is 551 g/mol. The second-order valence-corrected chi connectivity index (χ2v) is 9.79. The Morgan fingerprint density at radius 1 is 1.00 bits per heavy atom. The number of rotatable bonds is 9. The number of fused-ring (bicyclic) bond motifs is 1. The molecule has 0 fully saturated rings. The van der Waals surface area contributed by atoms with Crippen molar-refractivity contribution in [2.45, 2.75) is 4.90 Å². The van der Waals surface area contributed by atoms with Gasteiger partial charge in [-0.1, -0.05) is 29.3 Å². The SMILES string of the molecule is COCCOc1cnc2ccc(-c3cnc(OC)c(NS(=O)(=O)c4c(Cl)cccc4Cl)c3)cn2c1=O. The Hall–Kier alpha value is -3.38. The molecule has 1 N–H and O–H groups in total. The molecule has 3 aromatic heterocycles. The Labute approximate surface area is 216 Å². The number of nitrogens with zero attached hydrogens (tertiary/aromatic N) is 3. The van der Waals surface area contributed by atoms with Crippen LogP contribution in [-0.4, -0.2) is 50.2 Å². The molecule has 0 unspecified atom stereocenters. The normalized spacial score (nSPS) is 11.4. The van der Waals surface area contributed by atoms with Gasteiger partial charge >= 0.3 is 0 Å². The van der Waals surface area contributed by atoms with Gasteiger partial charge in [0.05, 0.1) is 30.0 Å². The van der Waals surface area contributed by atoms with Crippen molar-refractivity contribution in [2.75, 3.05) is 32.2 Å². The number of ether oxygens (including phenoxy) is 3. The fourth-order valence-corrected chi connectivity index (χ4v) is 5.54. The predicted octanol–water partition coefficient (Wildman–Crippen LogP) is 3.90. The van der Waals surface area contributed by atoms with Crippen molar-refractivity contribution in [1.29, 1.82) is 0 Å². The van der Waals surface area contributed by atoms with Crippen LogP contribution in [0.25, 0.3) is 16.8 Å². The third-order valence-electron chi connectivity index (χ3n) is 5.03. The topological polar surface area (TPSA) is 121 Å². The smallest absolute Gasteiger partial charge is 0.300 e. The van der Waals surface area contributed by atoms with Crippen LogP contribution in [0.1, 0.15) is 0 Å². The molecule has 0 aliphatic carbocycles. The van der Waals surface area contributed by atoms with E-state index in [0.29, 0.717) is 23.4 Å². The molecule has 13 heteroatoms. The third kappa shape index (κ3) is 5.24. The van der Waals surface area contributed by atoms with Crippen LogP contribution in [0.3, 0.4) is 0 Å². The molecule has 4 aromatic rings. The van der Waals surface area contributed by atoms with Crippen LogP contribution in [0.4, 0.5) is 5.69 Å². The first-order valence-corrected chi connectivity index (χ1v) is 12.6. The Morgan fingerprint density at radius 2 is 1.75 bits per heavy atom. The number of methoxy groups -OCH3 is 2. The molecule has 0 aliphatic heterocycles. The molecule has 36 heavy (non-hydrogen) atoms. The van der Waals surface area contributed by atoms with Gasteiger partial charge in [-0.25, -0.2) is 18.4 Å². The zero-order valence-corrected chi connectivity index (χ0v) is 21.4. The fraction of sp³-hybridized carbons (Fsp3) is 0.174. The summed E-state index contributed by atoms with van der Waals surface area (Å²) in [6, 6.07) is 9.26. The summed E-state index contributed by atoms with van der Waals surface area (Å²) in [7, 11) is -1.31. The summed E-state index contributed by atoms with van der Waals surface area (Å²) >= 11 is 12.2. The number of halogens is 2. The Balaban J connectivity index is 1.74. The van der Waals surface area contributed by atoms with E-state index in [1.807, 2.05) is 0 Å². The van der Waals surface area contributed by atoms with Crippen molar-refractivity contribution in [3.05, 3.63) is 75.4 Å². The molecular weight excluding hydrogens is 531 g/mol. The van der Waals surface area contributed by atoms with Crippen LogP contribution in [0, 0.1) is 0 Å². The molecule has 0 saturated heterocycles. The molecule has 10 nitrogen and oxygen atoms in total. The van der Waals surface area contributed by atoms with E-state index in [0.717, 1.165) is 0 Å². The van der Waals surface area contributed by atoms with Gasteiger partial charge in [0.15, 0.2) is 0 Å². The summed E-state index contributed by atoms with van der Waals surface area (Å²) in [5.41, 5.74) is 1.10. The molecular formula is C23H20Cl2N4O6S. The van der Waals surface area contributed by atoms with E-state index in [4.69, 9.17) is 37.4 Å². The van der Waals surface area contributed by atoms with E-state index in [1.165, 1.54) is 55.3 Å². The zero-order valence-electron chi connectivity index (χ0n) is 19.1. The highest BCUT2D eigenvalue weighted by Gasteiger charge is 2.24. The van der Waals surface area contributed by atoms with Crippen LogP contribution < -0.4 is 19.8 Å². The number of benzene rings is 1. The summed E-state index contributed by atoms with van der Waals surface area (Å²) in [5, 5.41) is -0.0778. The van der Waals surface area contributed by atoms with Crippen molar-refractivity contribution in [2.24, 2.45) is 0 Å². The van der Waals surface area contributed by atoms with Crippen LogP contribution in [0.15, 0.2) is 64.7 Å². The number of pyridine rings is 2.